The van der Waals surface area contributed by atoms with Crippen LogP contribution in [0.4, 0.5) is 0 Å². The average Bonchev–Trinajstić information content (AvgIpc) is 3.10. The van der Waals surface area contributed by atoms with Crippen molar-refractivity contribution in [2.75, 3.05) is 0 Å². The van der Waals surface area contributed by atoms with Gasteiger partial charge in [0.1, 0.15) is 22.7 Å². The zero-order valence-corrected chi connectivity index (χ0v) is 12.9. The van der Waals surface area contributed by atoms with Gasteiger partial charge in [0.25, 0.3) is 0 Å². The van der Waals surface area contributed by atoms with E-state index in [9.17, 15) is 5.11 Å². The molecule has 3 aromatic rings. The highest BCUT2D eigenvalue weighted by molar-refractivity contribution is 7.13. The summed E-state index contributed by atoms with van der Waals surface area (Å²) >= 11 is 1.59. The molecule has 0 aliphatic carbocycles. The zero-order valence-electron chi connectivity index (χ0n) is 12.1. The predicted octanol–water partition coefficient (Wildman–Crippen LogP) is 2.58. The van der Waals surface area contributed by atoms with Gasteiger partial charge in [-0.2, -0.15) is 0 Å². The van der Waals surface area contributed by atoms with Gasteiger partial charge in [0.2, 0.25) is 5.89 Å². The summed E-state index contributed by atoms with van der Waals surface area (Å²) in [6.45, 7) is 5.70. The van der Waals surface area contributed by atoms with Gasteiger partial charge in [-0.15, -0.1) is 16.4 Å². The van der Waals surface area contributed by atoms with Crippen LogP contribution in [0.3, 0.4) is 0 Å². The van der Waals surface area contributed by atoms with Crippen molar-refractivity contribution in [2.45, 2.75) is 32.9 Å². The first-order valence-electron chi connectivity index (χ1n) is 6.56. The van der Waals surface area contributed by atoms with Gasteiger partial charge in [-0.05, 0) is 32.2 Å². The lowest BCUT2D eigenvalue weighted by molar-refractivity contribution is 0.0737. The lowest BCUT2D eigenvalue weighted by Crippen LogP contribution is -2.15. The Hall–Kier alpha value is -1.99. The number of aliphatic hydroxyl groups is 1. The lowest BCUT2D eigenvalue weighted by atomic mass is 10.1. The van der Waals surface area contributed by atoms with Gasteiger partial charge in [-0.1, -0.05) is 11.3 Å². The Kier molecular flexibility index (Phi) is 3.38. The number of aromatic nitrogens is 4. The van der Waals surface area contributed by atoms with Crippen LogP contribution in [0.25, 0.3) is 10.8 Å². The van der Waals surface area contributed by atoms with Crippen LogP contribution in [0.2, 0.25) is 0 Å². The summed E-state index contributed by atoms with van der Waals surface area (Å²) in [5.41, 5.74) is 0.340. The number of oxazole rings is 1. The molecule has 0 amide bonds. The molecule has 3 rings (SSSR count). The van der Waals surface area contributed by atoms with Crippen molar-refractivity contribution in [1.82, 2.24) is 20.0 Å². The molecule has 3 aromatic heterocycles. The van der Waals surface area contributed by atoms with Crippen LogP contribution in [-0.4, -0.2) is 25.1 Å². The Morgan fingerprint density at radius 1 is 1.43 bits per heavy atom. The third-order valence-corrected chi connectivity index (χ3v) is 3.96. The van der Waals surface area contributed by atoms with Crippen molar-refractivity contribution in [3.8, 4) is 10.8 Å². The number of hydrogen-bond acceptors (Lipinski definition) is 6. The summed E-state index contributed by atoms with van der Waals surface area (Å²) < 4.78 is 7.34. The highest BCUT2D eigenvalue weighted by atomic mass is 32.1. The average molecular weight is 304 g/mol. The summed E-state index contributed by atoms with van der Waals surface area (Å²) in [7, 11) is 0. The molecule has 0 saturated heterocycles. The van der Waals surface area contributed by atoms with E-state index in [0.717, 1.165) is 16.3 Å². The summed E-state index contributed by atoms with van der Waals surface area (Å²) in [5.74, 6) is 1.39. The molecule has 6 nitrogen and oxygen atoms in total. The van der Waals surface area contributed by atoms with Crippen molar-refractivity contribution >= 4 is 11.3 Å². The molecule has 0 unspecified atom stereocenters. The molecule has 0 bridgehead atoms. The van der Waals surface area contributed by atoms with E-state index in [0.29, 0.717) is 18.1 Å². The first-order valence-corrected chi connectivity index (χ1v) is 7.44. The Labute approximate surface area is 126 Å². The number of hydrogen-bond donors (Lipinski definition) is 1. The molecule has 0 atom stereocenters. The molecular formula is C14H16N4O2S. The third kappa shape index (κ3) is 2.88. The van der Waals surface area contributed by atoms with E-state index < -0.39 is 5.60 Å². The summed E-state index contributed by atoms with van der Waals surface area (Å²) in [5, 5.41) is 19.9. The molecule has 0 aliphatic rings. The Morgan fingerprint density at radius 2 is 2.24 bits per heavy atom. The number of rotatable bonds is 4. The minimum atomic E-state index is -1.00. The molecule has 3 heterocycles. The second-order valence-corrected chi connectivity index (χ2v) is 6.31. The number of thiophene rings is 1. The van der Waals surface area contributed by atoms with Crippen LogP contribution in [0.15, 0.2) is 28.1 Å². The molecule has 7 heteroatoms. The van der Waals surface area contributed by atoms with E-state index in [2.05, 4.69) is 15.3 Å². The van der Waals surface area contributed by atoms with Crippen LogP contribution >= 0.6 is 11.3 Å². The van der Waals surface area contributed by atoms with E-state index in [1.807, 2.05) is 24.4 Å². The maximum atomic E-state index is 9.90. The minimum absolute atomic E-state index is 0.462. The van der Waals surface area contributed by atoms with Gasteiger partial charge in [-0.25, -0.2) is 9.67 Å². The van der Waals surface area contributed by atoms with Gasteiger partial charge in [0.05, 0.1) is 17.6 Å². The SMILES string of the molecule is Cc1oc(-c2cccs2)nc1Cn1cc(C(C)(C)O)nn1. The van der Waals surface area contributed by atoms with Crippen molar-refractivity contribution in [2.24, 2.45) is 0 Å². The Bertz CT molecular complexity index is 737. The fraction of sp³-hybridized carbons (Fsp3) is 0.357. The number of nitrogens with zero attached hydrogens (tertiary/aromatic N) is 4. The van der Waals surface area contributed by atoms with Gasteiger partial charge in [-0.3, -0.25) is 0 Å². The summed E-state index contributed by atoms with van der Waals surface area (Å²) in [6.07, 6.45) is 1.72. The standard InChI is InChI=1S/C14H16N4O2S/c1-9-10(15-13(20-9)11-5-4-6-21-11)7-18-8-12(16-17-18)14(2,3)19/h4-6,8,19H,7H2,1-3H3. The van der Waals surface area contributed by atoms with Crippen LogP contribution in [0.5, 0.6) is 0 Å². The first-order chi connectivity index (χ1) is 9.93. The van der Waals surface area contributed by atoms with E-state index in [4.69, 9.17) is 4.42 Å². The van der Waals surface area contributed by atoms with Gasteiger partial charge < -0.3 is 9.52 Å². The normalized spacial score (nSPS) is 12.0. The maximum Gasteiger partial charge on any atom is 0.236 e. The Morgan fingerprint density at radius 3 is 2.86 bits per heavy atom. The van der Waals surface area contributed by atoms with E-state index in [1.54, 1.807) is 36.1 Å². The third-order valence-electron chi connectivity index (χ3n) is 3.10. The van der Waals surface area contributed by atoms with Gasteiger partial charge in [0.15, 0.2) is 0 Å². The molecule has 0 aromatic carbocycles. The fourth-order valence-electron chi connectivity index (χ4n) is 1.89. The first kappa shape index (κ1) is 14.0. The highest BCUT2D eigenvalue weighted by Crippen LogP contribution is 2.26. The van der Waals surface area contributed by atoms with Crippen molar-refractivity contribution < 1.29 is 9.52 Å². The summed E-state index contributed by atoms with van der Waals surface area (Å²) in [6, 6.07) is 3.94. The number of aryl methyl sites for hydroxylation is 1. The molecule has 0 spiro atoms. The van der Waals surface area contributed by atoms with E-state index >= 15 is 0 Å². The van der Waals surface area contributed by atoms with Crippen molar-refractivity contribution in [3.05, 3.63) is 40.9 Å². The molecule has 0 fully saturated rings. The highest BCUT2D eigenvalue weighted by Gasteiger charge is 2.21. The van der Waals surface area contributed by atoms with Gasteiger partial charge >= 0.3 is 0 Å². The van der Waals surface area contributed by atoms with E-state index in [1.165, 1.54) is 0 Å². The van der Waals surface area contributed by atoms with Crippen LogP contribution in [0, 0.1) is 6.92 Å². The van der Waals surface area contributed by atoms with Crippen molar-refractivity contribution in [1.29, 1.82) is 0 Å². The topological polar surface area (TPSA) is 77.0 Å². The van der Waals surface area contributed by atoms with Crippen LogP contribution in [0.1, 0.15) is 31.0 Å². The molecule has 110 valence electrons. The smallest absolute Gasteiger partial charge is 0.236 e. The quantitative estimate of drug-likeness (QED) is 0.801. The largest absolute Gasteiger partial charge is 0.440 e. The second-order valence-electron chi connectivity index (χ2n) is 5.36. The lowest BCUT2D eigenvalue weighted by Gasteiger charge is -2.11. The monoisotopic (exact) mass is 304 g/mol. The molecule has 21 heavy (non-hydrogen) atoms. The second kappa shape index (κ2) is 5.09. The van der Waals surface area contributed by atoms with Crippen LogP contribution in [-0.2, 0) is 12.1 Å². The van der Waals surface area contributed by atoms with Crippen LogP contribution < -0.4 is 0 Å². The zero-order chi connectivity index (χ0) is 15.0. The minimum Gasteiger partial charge on any atom is -0.440 e. The van der Waals surface area contributed by atoms with Gasteiger partial charge in [0, 0.05) is 0 Å². The predicted molar refractivity (Wildman–Crippen MR) is 78.9 cm³/mol. The molecule has 0 aliphatic heterocycles. The molecule has 0 saturated carbocycles. The van der Waals surface area contributed by atoms with E-state index in [-0.39, 0.29) is 0 Å². The maximum absolute atomic E-state index is 9.90. The molecule has 0 radical (unpaired) electrons. The molecular weight excluding hydrogens is 288 g/mol. The summed E-state index contributed by atoms with van der Waals surface area (Å²) in [4.78, 5) is 5.51. The Balaban J connectivity index is 1.84. The fourth-order valence-corrected chi connectivity index (χ4v) is 2.54. The van der Waals surface area contributed by atoms with Crippen molar-refractivity contribution in [3.63, 3.8) is 0 Å². The molecule has 1 N–H and O–H groups in total.